The lowest BCUT2D eigenvalue weighted by Gasteiger charge is -2.43. The molecule has 3 aliphatic rings. The molecule has 2 aromatic rings. The molecule has 0 aromatic carbocycles. The molecule has 0 bridgehead atoms. The third-order valence-electron chi connectivity index (χ3n) is 12.7. The number of aliphatic hydroxyl groups is 1. The van der Waals surface area contributed by atoms with Crippen molar-refractivity contribution in [3.8, 4) is 0 Å². The van der Waals surface area contributed by atoms with Gasteiger partial charge in [0.1, 0.15) is 18.4 Å². The maximum absolute atomic E-state index is 14.6. The average molecular weight is 897 g/mol. The molecule has 3 N–H and O–H groups in total. The molecule has 0 saturated carbocycles. The molecule has 5 rings (SSSR count). The molecule has 0 aliphatic carbocycles. The first kappa shape index (κ1) is 47.4. The Balaban J connectivity index is 1.56. The second kappa shape index (κ2) is 16.6. The van der Waals surface area contributed by atoms with Gasteiger partial charge in [-0.15, -0.1) is 0 Å². The van der Waals surface area contributed by atoms with Crippen LogP contribution in [0.3, 0.4) is 0 Å². The molecule has 2 saturated heterocycles. The Morgan fingerprint density at radius 1 is 0.933 bits per heavy atom. The Bertz CT molecular complexity index is 2420. The minimum absolute atomic E-state index is 0.0251. The van der Waals surface area contributed by atoms with E-state index in [1.165, 1.54) is 35.4 Å². The van der Waals surface area contributed by atoms with Crippen molar-refractivity contribution in [1.82, 2.24) is 18.3 Å². The van der Waals surface area contributed by atoms with Crippen LogP contribution in [0.15, 0.2) is 47.8 Å². The van der Waals surface area contributed by atoms with Crippen molar-refractivity contribution in [2.45, 2.75) is 160 Å². The van der Waals surface area contributed by atoms with E-state index >= 15 is 0 Å². The topological polar surface area (TPSA) is 263 Å². The van der Waals surface area contributed by atoms with Crippen LogP contribution in [0, 0.1) is 13.8 Å². The van der Waals surface area contributed by atoms with Crippen molar-refractivity contribution in [3.63, 3.8) is 0 Å². The number of aryl methyl sites for hydroxylation is 2. The SMILES string of the molecule is Cc1cn([C@@H]2OC(CO[Si](C)(C)C(C)(C)C)C3(OS(=O)(=O)C=C3N)[C@H]2O[Si](C)(C)C(C)(C)C)c(=O)n(CCCn2c(=O)c(C)cn([C@H]3C[C@H](N=[N+]=[N-])[C@@H](CO)O3)c2=O)c1=O. The zero-order valence-corrected chi connectivity index (χ0v) is 39.3. The van der Waals surface area contributed by atoms with E-state index in [1.54, 1.807) is 0 Å². The summed E-state index contributed by atoms with van der Waals surface area (Å²) in [5, 5.41) is 13.6. The van der Waals surface area contributed by atoms with Crippen molar-refractivity contribution in [1.29, 1.82) is 0 Å². The zero-order chi connectivity index (χ0) is 45.1. The van der Waals surface area contributed by atoms with E-state index in [-0.39, 0.29) is 54.4 Å². The van der Waals surface area contributed by atoms with Gasteiger partial charge in [0.2, 0.25) is 0 Å². The zero-order valence-electron chi connectivity index (χ0n) is 36.5. The first-order valence-electron chi connectivity index (χ1n) is 19.9. The van der Waals surface area contributed by atoms with Crippen LogP contribution in [0.1, 0.15) is 78.0 Å². The van der Waals surface area contributed by atoms with Crippen LogP contribution < -0.4 is 28.2 Å². The van der Waals surface area contributed by atoms with E-state index < -0.39 is 103 Å². The highest BCUT2D eigenvalue weighted by atomic mass is 32.2. The summed E-state index contributed by atoms with van der Waals surface area (Å²) in [5.41, 5.74) is 11.0. The van der Waals surface area contributed by atoms with Crippen molar-refractivity contribution >= 4 is 26.8 Å². The highest BCUT2D eigenvalue weighted by Gasteiger charge is 2.67. The van der Waals surface area contributed by atoms with Crippen molar-refractivity contribution in [2.24, 2.45) is 10.8 Å². The molecule has 60 heavy (non-hydrogen) atoms. The molecule has 1 spiro atoms. The molecular weight excluding hydrogens is 837 g/mol. The van der Waals surface area contributed by atoms with Gasteiger partial charge in [0.25, 0.3) is 21.2 Å². The number of aliphatic hydroxyl groups excluding tert-OH is 1. The van der Waals surface area contributed by atoms with Gasteiger partial charge >= 0.3 is 11.4 Å². The van der Waals surface area contributed by atoms with Crippen LogP contribution in [0.5, 0.6) is 0 Å². The largest absolute Gasteiger partial charge is 0.414 e. The smallest absolute Gasteiger partial charge is 0.333 e. The number of hydrogen-bond acceptors (Lipinski definition) is 14. The lowest BCUT2D eigenvalue weighted by atomic mass is 9.89. The van der Waals surface area contributed by atoms with E-state index in [0.717, 1.165) is 14.5 Å². The highest BCUT2D eigenvalue weighted by molar-refractivity contribution is 7.90. The van der Waals surface area contributed by atoms with Crippen LogP contribution in [0.4, 0.5) is 0 Å². The lowest BCUT2D eigenvalue weighted by Crippen LogP contribution is -2.59. The normalized spacial score (nSPS) is 27.1. The maximum Gasteiger partial charge on any atom is 0.333 e. The molecule has 20 nitrogen and oxygen atoms in total. The molecule has 334 valence electrons. The molecule has 2 fully saturated rings. The van der Waals surface area contributed by atoms with Crippen LogP contribution >= 0.6 is 0 Å². The number of azide groups is 1. The summed E-state index contributed by atoms with van der Waals surface area (Å²) in [5.74, 6) is 0. The summed E-state index contributed by atoms with van der Waals surface area (Å²) >= 11 is 0. The fraction of sp³-hybridized carbons (Fsp3) is 0.730. The summed E-state index contributed by atoms with van der Waals surface area (Å²) in [6, 6.07) is -0.740. The number of nitrogens with zero attached hydrogens (tertiary/aromatic N) is 7. The van der Waals surface area contributed by atoms with Gasteiger partial charge in [-0.2, -0.15) is 8.42 Å². The highest BCUT2D eigenvalue weighted by Crippen LogP contribution is 2.52. The summed E-state index contributed by atoms with van der Waals surface area (Å²) in [6.45, 7) is 22.1. The van der Waals surface area contributed by atoms with E-state index in [2.05, 4.69) is 30.8 Å². The molecule has 2 unspecified atom stereocenters. The number of ether oxygens (including phenoxy) is 2. The second-order valence-electron chi connectivity index (χ2n) is 18.9. The molecule has 5 heterocycles. The minimum atomic E-state index is -4.34. The standard InChI is InChI=1S/C37H60N8O12SSi2/c1-22-17-44(28-16-24(40-41-39)25(19-46)54-28)33(49)42(30(22)47)14-13-15-43-31(48)23(2)18-45(34(43)50)32-29(56-60(11,12)36(6,7)8)37(26(38)21-58(51,52)57-37)27(55-32)20-53-59(9,10)35(3,4)5/h17-18,21,24-25,27-29,32,46H,13-16,19-20,38H2,1-12H3/t24-,25+,27?,28+,29-,32+,37?/m0/s1. The molecule has 23 heteroatoms. The monoisotopic (exact) mass is 896 g/mol. The molecule has 0 radical (unpaired) electrons. The maximum atomic E-state index is 14.6. The second-order valence-corrected chi connectivity index (χ2v) is 29.9. The fourth-order valence-electron chi connectivity index (χ4n) is 7.14. The van der Waals surface area contributed by atoms with Crippen LogP contribution in [0.2, 0.25) is 36.3 Å². The predicted molar refractivity (Wildman–Crippen MR) is 227 cm³/mol. The summed E-state index contributed by atoms with van der Waals surface area (Å²) in [4.78, 5) is 58.1. The Morgan fingerprint density at radius 3 is 1.95 bits per heavy atom. The van der Waals surface area contributed by atoms with Gasteiger partial charge in [0, 0.05) is 47.9 Å². The number of rotatable bonds is 13. The number of hydrogen-bond donors (Lipinski definition) is 2. The van der Waals surface area contributed by atoms with Crippen LogP contribution in [0.25, 0.3) is 10.4 Å². The predicted octanol–water partition coefficient (Wildman–Crippen LogP) is 3.21. The van der Waals surface area contributed by atoms with Crippen LogP contribution in [-0.4, -0.2) is 91.6 Å². The minimum Gasteiger partial charge on any atom is -0.414 e. The average Bonchev–Trinajstić information content (AvgIpc) is 3.75. The molecule has 3 aliphatic heterocycles. The molecule has 2 aromatic heterocycles. The summed E-state index contributed by atoms with van der Waals surface area (Å²) in [6.07, 6.45) is -2.91. The van der Waals surface area contributed by atoms with Gasteiger partial charge in [-0.05, 0) is 62.1 Å². The Morgan fingerprint density at radius 2 is 1.47 bits per heavy atom. The van der Waals surface area contributed by atoms with Crippen LogP contribution in [-0.2, 0) is 45.7 Å². The van der Waals surface area contributed by atoms with Gasteiger partial charge in [0.05, 0.1) is 36.5 Å². The van der Waals surface area contributed by atoms with E-state index in [1.807, 2.05) is 47.0 Å². The first-order chi connectivity index (χ1) is 27.5. The third-order valence-corrected chi connectivity index (χ3v) is 22.7. The van der Waals surface area contributed by atoms with Gasteiger partial charge in [-0.25, -0.2) is 13.8 Å². The Hall–Kier alpha value is -3.65. The molecular formula is C37H60N8O12SSi2. The van der Waals surface area contributed by atoms with E-state index in [4.69, 9.17) is 33.8 Å². The van der Waals surface area contributed by atoms with Crippen molar-refractivity contribution in [3.05, 3.63) is 86.7 Å². The lowest BCUT2D eigenvalue weighted by molar-refractivity contribution is -0.0567. The van der Waals surface area contributed by atoms with Crippen molar-refractivity contribution in [2.75, 3.05) is 13.2 Å². The van der Waals surface area contributed by atoms with Gasteiger partial charge in [-0.3, -0.25) is 27.9 Å². The number of aromatic nitrogens is 4. The van der Waals surface area contributed by atoms with Gasteiger partial charge in [-0.1, -0.05) is 46.7 Å². The van der Waals surface area contributed by atoms with E-state index in [9.17, 15) is 32.7 Å². The first-order valence-corrected chi connectivity index (χ1v) is 27.2. The molecule has 7 atom stereocenters. The quantitative estimate of drug-likeness (QED) is 0.0963. The summed E-state index contributed by atoms with van der Waals surface area (Å²) < 4.78 is 62.7. The molecule has 0 amide bonds. The van der Waals surface area contributed by atoms with Crippen molar-refractivity contribution < 1.29 is 36.0 Å². The van der Waals surface area contributed by atoms with Gasteiger partial charge < -0.3 is 29.2 Å². The van der Waals surface area contributed by atoms with E-state index in [0.29, 0.717) is 0 Å². The fourth-order valence-corrected chi connectivity index (χ4v) is 10.6. The third kappa shape index (κ3) is 8.70. The van der Waals surface area contributed by atoms with Gasteiger partial charge in [0.15, 0.2) is 28.5 Å². The Kier molecular flexibility index (Phi) is 13.1. The number of nitrogens with two attached hydrogens (primary N) is 1. The summed E-state index contributed by atoms with van der Waals surface area (Å²) in [7, 11) is -9.68. The Labute approximate surface area is 350 Å².